The average molecular weight is 534 g/mol. The van der Waals surface area contributed by atoms with Crippen LogP contribution in [0.3, 0.4) is 0 Å². The first kappa shape index (κ1) is 24.8. The summed E-state index contributed by atoms with van der Waals surface area (Å²) in [6.45, 7) is 5.20. The van der Waals surface area contributed by atoms with Crippen molar-refractivity contribution in [3.05, 3.63) is 70.4 Å². The van der Waals surface area contributed by atoms with Gasteiger partial charge in [0.15, 0.2) is 0 Å². The van der Waals surface area contributed by atoms with Gasteiger partial charge in [-0.3, -0.25) is 14.4 Å². The molecule has 1 saturated carbocycles. The molecule has 9 nitrogen and oxygen atoms in total. The van der Waals surface area contributed by atoms with Crippen molar-refractivity contribution in [3.8, 4) is 0 Å². The molecule has 0 unspecified atom stereocenters. The molecule has 2 fully saturated rings. The summed E-state index contributed by atoms with van der Waals surface area (Å²) in [6, 6.07) is 12.9. The van der Waals surface area contributed by atoms with Gasteiger partial charge in [-0.2, -0.15) is 5.10 Å². The quantitative estimate of drug-likeness (QED) is 0.513. The Hall–Kier alpha value is -3.56. The lowest BCUT2D eigenvalue weighted by atomic mass is 10.1. The predicted octanol–water partition coefficient (Wildman–Crippen LogP) is 4.21. The van der Waals surface area contributed by atoms with E-state index in [9.17, 15) is 9.59 Å². The summed E-state index contributed by atoms with van der Waals surface area (Å²) in [7, 11) is 1.87. The molecule has 0 radical (unpaired) electrons. The number of amides is 3. The number of hydrogen-bond acceptors (Lipinski definition) is 5. The van der Waals surface area contributed by atoms with Crippen LogP contribution in [0.25, 0.3) is 0 Å². The molecular formula is C28H32ClN7O2. The smallest absolute Gasteiger partial charge is 0.317 e. The molecule has 38 heavy (non-hydrogen) atoms. The fraction of sp³-hybridized carbons (Fsp3) is 0.393. The minimum absolute atomic E-state index is 0.0757. The number of rotatable bonds is 5. The van der Waals surface area contributed by atoms with Crippen molar-refractivity contribution >= 4 is 40.7 Å². The molecule has 0 bridgehead atoms. The normalized spacial score (nSPS) is 17.3. The lowest BCUT2D eigenvalue weighted by Gasteiger charge is -2.34. The number of hydrogen-bond donors (Lipinski definition) is 2. The number of aryl methyl sites for hydroxylation is 1. The zero-order valence-electron chi connectivity index (χ0n) is 21.5. The van der Waals surface area contributed by atoms with E-state index in [1.54, 1.807) is 27.9 Å². The highest BCUT2D eigenvalue weighted by Gasteiger charge is 2.29. The Morgan fingerprint density at radius 1 is 1.11 bits per heavy atom. The van der Waals surface area contributed by atoms with Crippen LogP contribution in [0.2, 0.25) is 5.02 Å². The summed E-state index contributed by atoms with van der Waals surface area (Å²) in [6.07, 6.45) is 4.47. The van der Waals surface area contributed by atoms with Crippen LogP contribution < -0.4 is 15.5 Å². The van der Waals surface area contributed by atoms with Gasteiger partial charge in [-0.15, -0.1) is 0 Å². The molecule has 1 saturated heterocycles. The lowest BCUT2D eigenvalue weighted by molar-refractivity contribution is 0.0985. The average Bonchev–Trinajstić information content (AvgIpc) is 3.71. The molecule has 6 rings (SSSR count). The maximum absolute atomic E-state index is 13.7. The molecular weight excluding hydrogens is 502 g/mol. The summed E-state index contributed by atoms with van der Waals surface area (Å²) in [4.78, 5) is 32.5. The fourth-order valence-electron chi connectivity index (χ4n) is 5.20. The van der Waals surface area contributed by atoms with E-state index in [-0.39, 0.29) is 11.9 Å². The van der Waals surface area contributed by atoms with Crippen LogP contribution in [0, 0.1) is 5.92 Å². The number of para-hydroxylation sites is 2. The van der Waals surface area contributed by atoms with E-state index >= 15 is 0 Å². The third-order valence-corrected chi connectivity index (χ3v) is 7.99. The molecule has 0 atom stereocenters. The van der Waals surface area contributed by atoms with E-state index in [4.69, 9.17) is 11.6 Å². The van der Waals surface area contributed by atoms with E-state index in [2.05, 4.69) is 20.6 Å². The highest BCUT2D eigenvalue weighted by atomic mass is 35.5. The number of fused-ring (bicyclic) bond motifs is 2. The van der Waals surface area contributed by atoms with Crippen molar-refractivity contribution in [2.45, 2.75) is 25.9 Å². The summed E-state index contributed by atoms with van der Waals surface area (Å²) in [5.74, 6) is 1.57. The number of benzene rings is 2. The van der Waals surface area contributed by atoms with Crippen molar-refractivity contribution < 1.29 is 9.59 Å². The van der Waals surface area contributed by atoms with Crippen molar-refractivity contribution in [1.29, 1.82) is 0 Å². The number of piperazine rings is 1. The zero-order valence-corrected chi connectivity index (χ0v) is 22.2. The van der Waals surface area contributed by atoms with E-state index in [0.717, 1.165) is 60.4 Å². The molecule has 1 aromatic heterocycles. The number of halogens is 1. The number of carbonyl (C=O) groups is 2. The van der Waals surface area contributed by atoms with Crippen LogP contribution in [-0.2, 0) is 20.1 Å². The number of anilines is 3. The lowest BCUT2D eigenvalue weighted by Crippen LogP contribution is -2.51. The van der Waals surface area contributed by atoms with Crippen LogP contribution in [0.4, 0.5) is 22.0 Å². The van der Waals surface area contributed by atoms with Crippen molar-refractivity contribution in [2.24, 2.45) is 13.0 Å². The topological polar surface area (TPSA) is 85.7 Å². The molecule has 1 aliphatic carbocycles. The molecule has 2 N–H and O–H groups in total. The number of carbonyl (C=O) groups excluding carboxylic acids is 2. The van der Waals surface area contributed by atoms with Gasteiger partial charge in [0.2, 0.25) is 0 Å². The molecule has 3 amide bonds. The molecule has 198 valence electrons. The number of nitrogens with one attached hydrogen (secondary N) is 2. The summed E-state index contributed by atoms with van der Waals surface area (Å²) >= 11 is 6.60. The first-order valence-electron chi connectivity index (χ1n) is 13.2. The van der Waals surface area contributed by atoms with Gasteiger partial charge in [0.1, 0.15) is 5.82 Å². The summed E-state index contributed by atoms with van der Waals surface area (Å²) < 4.78 is 1.77. The van der Waals surface area contributed by atoms with Crippen LogP contribution in [0.1, 0.15) is 34.3 Å². The number of nitrogens with zero attached hydrogens (tertiary/aromatic N) is 5. The standard InChI is InChI=1S/C28H32ClN7O2/c1-33-26-22(16-31-33)18-36(25-5-3-2-4-24(25)32-26)27(37)20-8-9-21(23(29)14-20)15-30-28(38)35-12-10-34(11-13-35)17-19-6-7-19/h2-5,8-9,14,16,19,32H,6-7,10-13,15,17-18H2,1H3,(H,30,38). The SMILES string of the molecule is Cn1ncc2c1Nc1ccccc1N(C(=O)c1ccc(CNC(=O)N3CCN(CC4CC4)CC3)c(Cl)c1)C2. The van der Waals surface area contributed by atoms with E-state index in [1.165, 1.54) is 19.4 Å². The Labute approximate surface area is 227 Å². The van der Waals surface area contributed by atoms with Crippen LogP contribution in [-0.4, -0.2) is 64.2 Å². The Morgan fingerprint density at radius 3 is 2.66 bits per heavy atom. The summed E-state index contributed by atoms with van der Waals surface area (Å²) in [5.41, 5.74) is 3.81. The minimum Gasteiger partial charge on any atom is -0.338 e. The van der Waals surface area contributed by atoms with Crippen LogP contribution in [0.5, 0.6) is 0 Å². The van der Waals surface area contributed by atoms with Crippen LogP contribution in [0.15, 0.2) is 48.7 Å². The van der Waals surface area contributed by atoms with Gasteiger partial charge in [-0.1, -0.05) is 29.8 Å². The monoisotopic (exact) mass is 533 g/mol. The summed E-state index contributed by atoms with van der Waals surface area (Å²) in [5, 5.41) is 11.2. The largest absolute Gasteiger partial charge is 0.338 e. The van der Waals surface area contributed by atoms with Crippen molar-refractivity contribution in [3.63, 3.8) is 0 Å². The first-order valence-corrected chi connectivity index (χ1v) is 13.6. The van der Waals surface area contributed by atoms with Gasteiger partial charge >= 0.3 is 6.03 Å². The van der Waals surface area contributed by atoms with Gasteiger partial charge in [0.25, 0.3) is 5.91 Å². The Morgan fingerprint density at radius 2 is 1.89 bits per heavy atom. The van der Waals surface area contributed by atoms with Gasteiger partial charge in [-0.25, -0.2) is 4.79 Å². The number of urea groups is 1. The van der Waals surface area contributed by atoms with Crippen molar-refractivity contribution in [1.82, 2.24) is 24.9 Å². The third-order valence-electron chi connectivity index (χ3n) is 7.64. The van der Waals surface area contributed by atoms with Gasteiger partial charge < -0.3 is 20.4 Å². The van der Waals surface area contributed by atoms with Gasteiger partial charge in [0, 0.05) is 62.5 Å². The predicted molar refractivity (Wildman–Crippen MR) is 148 cm³/mol. The first-order chi connectivity index (χ1) is 18.5. The molecule has 0 spiro atoms. The Bertz CT molecular complexity index is 1360. The van der Waals surface area contributed by atoms with E-state index in [0.29, 0.717) is 23.7 Å². The van der Waals surface area contributed by atoms with E-state index in [1.807, 2.05) is 42.3 Å². The maximum atomic E-state index is 13.7. The zero-order chi connectivity index (χ0) is 26.2. The number of aromatic nitrogens is 2. The molecule has 2 aromatic carbocycles. The van der Waals surface area contributed by atoms with Gasteiger partial charge in [-0.05, 0) is 48.6 Å². The second kappa shape index (κ2) is 10.3. The third kappa shape index (κ3) is 5.08. The van der Waals surface area contributed by atoms with Crippen molar-refractivity contribution in [2.75, 3.05) is 42.9 Å². The second-order valence-corrected chi connectivity index (χ2v) is 10.8. The van der Waals surface area contributed by atoms with Gasteiger partial charge in [0.05, 0.1) is 24.1 Å². The maximum Gasteiger partial charge on any atom is 0.317 e. The Kier molecular flexibility index (Phi) is 6.71. The minimum atomic E-state index is -0.155. The second-order valence-electron chi connectivity index (χ2n) is 10.4. The molecule has 10 heteroatoms. The van der Waals surface area contributed by atoms with E-state index < -0.39 is 0 Å². The molecule has 2 aliphatic heterocycles. The molecule has 3 aliphatic rings. The Balaban J connectivity index is 1.12. The molecule has 3 aromatic rings. The highest BCUT2D eigenvalue weighted by molar-refractivity contribution is 6.32. The fourth-order valence-corrected chi connectivity index (χ4v) is 5.45. The van der Waals surface area contributed by atoms with Crippen LogP contribution >= 0.6 is 11.6 Å². The molecule has 3 heterocycles. The highest BCUT2D eigenvalue weighted by Crippen LogP contribution is 2.36.